The lowest BCUT2D eigenvalue weighted by Crippen LogP contribution is -2.39. The van der Waals surface area contributed by atoms with Gasteiger partial charge in [-0.1, -0.05) is 23.5 Å². The van der Waals surface area contributed by atoms with Gasteiger partial charge in [0, 0.05) is 17.1 Å². The standard InChI is InChI=1S/C30H28FN3O4S/c1-6-38-29(36)26-18(3)32-30-34(27(26)20-8-7-9-24(15-20)37-5)28(35)25(39-30)16-21-14-17(2)33(19(21)4)23-12-10-22(31)11-13-23/h7-16,27H,6H2,1-5H3. The van der Waals surface area contributed by atoms with E-state index in [1.807, 2.05) is 54.8 Å². The molecule has 200 valence electrons. The monoisotopic (exact) mass is 545 g/mol. The van der Waals surface area contributed by atoms with Crippen molar-refractivity contribution in [1.82, 2.24) is 9.13 Å². The van der Waals surface area contributed by atoms with Crippen LogP contribution in [0.2, 0.25) is 0 Å². The smallest absolute Gasteiger partial charge is 0.338 e. The molecule has 5 rings (SSSR count). The van der Waals surface area contributed by atoms with Crippen LogP contribution in [0.25, 0.3) is 11.8 Å². The Bertz CT molecular complexity index is 1790. The Labute approximate surface area is 228 Å². The third-order valence-electron chi connectivity index (χ3n) is 6.77. The number of benzene rings is 2. The second-order valence-corrected chi connectivity index (χ2v) is 10.2. The van der Waals surface area contributed by atoms with E-state index >= 15 is 0 Å². The number of aromatic nitrogens is 2. The molecule has 1 aliphatic heterocycles. The van der Waals surface area contributed by atoms with Gasteiger partial charge in [0.05, 0.1) is 35.6 Å². The topological polar surface area (TPSA) is 74.8 Å². The number of hydrogen-bond donors (Lipinski definition) is 0. The first-order valence-electron chi connectivity index (χ1n) is 12.5. The van der Waals surface area contributed by atoms with E-state index in [1.165, 1.54) is 23.5 Å². The molecule has 0 amide bonds. The minimum Gasteiger partial charge on any atom is -0.497 e. The Morgan fingerprint density at radius 3 is 2.56 bits per heavy atom. The predicted octanol–water partition coefficient (Wildman–Crippen LogP) is 4.35. The van der Waals surface area contributed by atoms with Crippen LogP contribution in [-0.2, 0) is 9.53 Å². The summed E-state index contributed by atoms with van der Waals surface area (Å²) in [5.41, 5.74) is 4.84. The molecule has 1 unspecified atom stereocenters. The quantitative estimate of drug-likeness (QED) is 0.338. The molecule has 0 N–H and O–H groups in total. The van der Waals surface area contributed by atoms with Crippen LogP contribution in [0.4, 0.5) is 4.39 Å². The van der Waals surface area contributed by atoms with E-state index in [1.54, 1.807) is 37.7 Å². The van der Waals surface area contributed by atoms with Gasteiger partial charge >= 0.3 is 5.97 Å². The second-order valence-electron chi connectivity index (χ2n) is 9.22. The number of esters is 1. The number of nitrogens with zero attached hydrogens (tertiary/aromatic N) is 3. The van der Waals surface area contributed by atoms with E-state index in [2.05, 4.69) is 4.99 Å². The molecular formula is C30H28FN3O4S. The molecule has 1 atom stereocenters. The molecule has 0 bridgehead atoms. The maximum Gasteiger partial charge on any atom is 0.338 e. The number of rotatable bonds is 6. The number of thiazole rings is 1. The molecule has 0 saturated carbocycles. The third-order valence-corrected chi connectivity index (χ3v) is 7.75. The van der Waals surface area contributed by atoms with E-state index in [9.17, 15) is 14.0 Å². The lowest BCUT2D eigenvalue weighted by Gasteiger charge is -2.25. The van der Waals surface area contributed by atoms with E-state index in [0.717, 1.165) is 22.6 Å². The van der Waals surface area contributed by atoms with Crippen LogP contribution in [0, 0.1) is 19.7 Å². The normalized spacial score (nSPS) is 15.2. The number of aryl methyl sites for hydroxylation is 1. The first-order chi connectivity index (χ1) is 18.7. The third kappa shape index (κ3) is 4.74. The number of carbonyl (C=O) groups excluding carboxylic acids is 1. The van der Waals surface area contributed by atoms with Gasteiger partial charge in [-0.05, 0) is 87.4 Å². The summed E-state index contributed by atoms with van der Waals surface area (Å²) in [7, 11) is 1.57. The van der Waals surface area contributed by atoms with Gasteiger partial charge in [0.15, 0.2) is 4.80 Å². The summed E-state index contributed by atoms with van der Waals surface area (Å²) in [6.45, 7) is 7.63. The molecule has 0 saturated heterocycles. The number of halogens is 1. The Morgan fingerprint density at radius 1 is 1.13 bits per heavy atom. The first-order valence-corrected chi connectivity index (χ1v) is 13.3. The fourth-order valence-corrected chi connectivity index (χ4v) is 6.02. The van der Waals surface area contributed by atoms with Crippen molar-refractivity contribution >= 4 is 23.4 Å². The highest BCUT2D eigenvalue weighted by Gasteiger charge is 2.33. The summed E-state index contributed by atoms with van der Waals surface area (Å²) in [4.78, 5) is 32.2. The molecule has 4 aromatic rings. The van der Waals surface area contributed by atoms with Crippen molar-refractivity contribution in [2.24, 2.45) is 4.99 Å². The van der Waals surface area contributed by atoms with Crippen LogP contribution in [0.5, 0.6) is 5.75 Å². The molecule has 39 heavy (non-hydrogen) atoms. The molecule has 9 heteroatoms. The molecule has 2 aromatic carbocycles. The molecule has 0 spiro atoms. The van der Waals surface area contributed by atoms with Gasteiger partial charge in [0.25, 0.3) is 5.56 Å². The highest BCUT2D eigenvalue weighted by molar-refractivity contribution is 7.07. The van der Waals surface area contributed by atoms with Crippen LogP contribution in [-0.4, -0.2) is 28.8 Å². The molecule has 0 aliphatic carbocycles. The zero-order valence-electron chi connectivity index (χ0n) is 22.3. The van der Waals surface area contributed by atoms with Crippen LogP contribution in [0.15, 0.2) is 75.7 Å². The summed E-state index contributed by atoms with van der Waals surface area (Å²) in [6.07, 6.45) is 1.85. The Hall–Kier alpha value is -4.24. The van der Waals surface area contributed by atoms with Gasteiger partial charge in [-0.15, -0.1) is 0 Å². The van der Waals surface area contributed by atoms with Crippen LogP contribution in [0.3, 0.4) is 0 Å². The van der Waals surface area contributed by atoms with Crippen LogP contribution >= 0.6 is 11.3 Å². The first kappa shape index (κ1) is 26.4. The SMILES string of the molecule is CCOC(=O)C1=C(C)N=c2sc(=Cc3cc(C)n(-c4ccc(F)cc4)c3C)c(=O)n2C1c1cccc(OC)c1. The Morgan fingerprint density at radius 2 is 1.87 bits per heavy atom. The lowest BCUT2D eigenvalue weighted by atomic mass is 9.95. The van der Waals surface area contributed by atoms with Crippen molar-refractivity contribution in [2.75, 3.05) is 13.7 Å². The van der Waals surface area contributed by atoms with Gasteiger partial charge in [0.1, 0.15) is 11.6 Å². The van der Waals surface area contributed by atoms with Gasteiger partial charge in [-0.3, -0.25) is 9.36 Å². The average Bonchev–Trinajstić information content (AvgIpc) is 3.37. The molecule has 2 aromatic heterocycles. The van der Waals surface area contributed by atoms with Crippen molar-refractivity contribution in [3.05, 3.63) is 114 Å². The minimum absolute atomic E-state index is 0.203. The highest BCUT2D eigenvalue weighted by Crippen LogP contribution is 2.32. The Balaban J connectivity index is 1.69. The average molecular weight is 546 g/mol. The fraction of sp³-hybridized carbons (Fsp3) is 0.233. The van der Waals surface area contributed by atoms with E-state index in [0.29, 0.717) is 31.9 Å². The molecule has 1 aliphatic rings. The molecule has 0 radical (unpaired) electrons. The summed E-state index contributed by atoms with van der Waals surface area (Å²) < 4.78 is 28.3. The van der Waals surface area contributed by atoms with E-state index < -0.39 is 12.0 Å². The summed E-state index contributed by atoms with van der Waals surface area (Å²) in [5, 5.41) is 0. The highest BCUT2D eigenvalue weighted by atomic mass is 32.1. The number of hydrogen-bond acceptors (Lipinski definition) is 6. The number of allylic oxidation sites excluding steroid dienone is 1. The minimum atomic E-state index is -0.718. The maximum absolute atomic E-state index is 13.9. The zero-order valence-corrected chi connectivity index (χ0v) is 23.1. The van der Waals surface area contributed by atoms with E-state index in [4.69, 9.17) is 9.47 Å². The largest absolute Gasteiger partial charge is 0.497 e. The van der Waals surface area contributed by atoms with Crippen LogP contribution < -0.4 is 19.6 Å². The predicted molar refractivity (Wildman–Crippen MR) is 149 cm³/mol. The van der Waals surface area contributed by atoms with Crippen molar-refractivity contribution in [3.63, 3.8) is 0 Å². The number of carbonyl (C=O) groups is 1. The van der Waals surface area contributed by atoms with E-state index in [-0.39, 0.29) is 18.0 Å². The van der Waals surface area contributed by atoms with Gasteiger partial charge in [-0.25, -0.2) is 14.2 Å². The summed E-state index contributed by atoms with van der Waals surface area (Å²) in [5.74, 6) is -0.199. The number of methoxy groups -OCH3 is 1. The second kappa shape index (κ2) is 10.5. The zero-order chi connectivity index (χ0) is 27.8. The maximum atomic E-state index is 13.9. The number of fused-ring (bicyclic) bond motifs is 1. The summed E-state index contributed by atoms with van der Waals surface area (Å²) >= 11 is 1.27. The lowest BCUT2D eigenvalue weighted by molar-refractivity contribution is -0.139. The van der Waals surface area contributed by atoms with Crippen molar-refractivity contribution in [1.29, 1.82) is 0 Å². The molecule has 3 heterocycles. The van der Waals surface area contributed by atoms with Crippen molar-refractivity contribution in [2.45, 2.75) is 33.7 Å². The van der Waals surface area contributed by atoms with Crippen LogP contribution in [0.1, 0.15) is 42.4 Å². The molecular weight excluding hydrogens is 517 g/mol. The number of ether oxygens (including phenoxy) is 2. The van der Waals surface area contributed by atoms with Gasteiger partial charge in [-0.2, -0.15) is 0 Å². The molecule has 0 fully saturated rings. The van der Waals surface area contributed by atoms with Crippen molar-refractivity contribution in [3.8, 4) is 11.4 Å². The Kier molecular flexibility index (Phi) is 7.10. The molecule has 7 nitrogen and oxygen atoms in total. The summed E-state index contributed by atoms with van der Waals surface area (Å²) in [6, 6.07) is 14.9. The van der Waals surface area contributed by atoms with Gasteiger partial charge < -0.3 is 14.0 Å². The van der Waals surface area contributed by atoms with Gasteiger partial charge in [0.2, 0.25) is 0 Å². The fourth-order valence-electron chi connectivity index (χ4n) is 4.98. The van der Waals surface area contributed by atoms with Crippen molar-refractivity contribution < 1.29 is 18.7 Å².